The summed E-state index contributed by atoms with van der Waals surface area (Å²) in [5.41, 5.74) is 1.06. The largest absolute Gasteiger partial charge is 0.416 e. The lowest BCUT2D eigenvalue weighted by molar-refractivity contribution is -0.138. The number of nitrogens with one attached hydrogen (secondary N) is 1. The van der Waals surface area contributed by atoms with Gasteiger partial charge in [0, 0.05) is 43.4 Å². The fourth-order valence-corrected chi connectivity index (χ4v) is 6.49. The molecule has 43 heavy (non-hydrogen) atoms. The number of nitrogens with zero attached hydrogens (tertiary/aromatic N) is 5. The SMILES string of the molecule is Cc1cccc(F)c1N1CCC(N2Cc3cn(C[C@@H]4CC(F)(F)CN4)nc3N(Cc3ccccc3C(F)(F)F)C2=O)CC1. The molecule has 0 unspecified atom stereocenters. The van der Waals surface area contributed by atoms with E-state index in [9.17, 15) is 31.1 Å². The zero-order valence-corrected chi connectivity index (χ0v) is 23.5. The molecule has 0 radical (unpaired) electrons. The number of piperidine rings is 1. The number of halogens is 6. The standard InChI is InChI=1S/C30H32F6N6O/c1-19-5-4-8-25(31)26(19)39-11-9-23(10-12-39)41-16-21-14-40(17-22-13-29(32,33)18-37-22)38-27(21)42(28(41)43)15-20-6-2-3-7-24(20)30(34,35)36/h2-8,14,22-23,37H,9-13,15-18H2,1H3/t22-/m0/s1. The van der Waals surface area contributed by atoms with Crippen molar-refractivity contribution in [2.75, 3.05) is 29.4 Å². The third-order valence-electron chi connectivity index (χ3n) is 8.55. The molecule has 0 saturated carbocycles. The van der Waals surface area contributed by atoms with Gasteiger partial charge >= 0.3 is 12.2 Å². The Kier molecular flexibility index (Phi) is 7.55. The maximum Gasteiger partial charge on any atom is 0.416 e. The molecule has 0 bridgehead atoms. The van der Waals surface area contributed by atoms with Gasteiger partial charge in [-0.05, 0) is 43.0 Å². The first-order chi connectivity index (χ1) is 20.4. The predicted molar refractivity (Wildman–Crippen MR) is 149 cm³/mol. The zero-order valence-electron chi connectivity index (χ0n) is 23.5. The van der Waals surface area contributed by atoms with E-state index in [0.717, 1.165) is 11.6 Å². The molecule has 3 aliphatic heterocycles. The molecular weight excluding hydrogens is 574 g/mol. The molecule has 7 nitrogen and oxygen atoms in total. The zero-order chi connectivity index (χ0) is 30.5. The van der Waals surface area contributed by atoms with Crippen molar-refractivity contribution in [3.05, 3.63) is 76.7 Å². The van der Waals surface area contributed by atoms with Gasteiger partial charge in [-0.3, -0.25) is 9.58 Å². The number of benzene rings is 2. The summed E-state index contributed by atoms with van der Waals surface area (Å²) in [6.45, 7) is 2.37. The topological polar surface area (TPSA) is 56.6 Å². The molecule has 4 heterocycles. The van der Waals surface area contributed by atoms with Gasteiger partial charge in [-0.25, -0.2) is 18.0 Å². The lowest BCUT2D eigenvalue weighted by Gasteiger charge is -2.43. The van der Waals surface area contributed by atoms with Crippen LogP contribution in [0.2, 0.25) is 0 Å². The van der Waals surface area contributed by atoms with Gasteiger partial charge < -0.3 is 15.1 Å². The average Bonchev–Trinajstić information content (AvgIpc) is 3.51. The van der Waals surface area contributed by atoms with Crippen LogP contribution >= 0.6 is 0 Å². The molecule has 6 rings (SSSR count). The Morgan fingerprint density at radius 1 is 1.07 bits per heavy atom. The maximum atomic E-state index is 14.6. The van der Waals surface area contributed by atoms with E-state index >= 15 is 0 Å². The molecule has 230 valence electrons. The van der Waals surface area contributed by atoms with Crippen molar-refractivity contribution >= 4 is 17.5 Å². The number of aryl methyl sites for hydroxylation is 1. The van der Waals surface area contributed by atoms with Crippen molar-refractivity contribution in [1.29, 1.82) is 0 Å². The first-order valence-corrected chi connectivity index (χ1v) is 14.3. The molecule has 0 spiro atoms. The highest BCUT2D eigenvalue weighted by molar-refractivity contribution is 5.94. The normalized spacial score (nSPS) is 21.0. The second-order valence-corrected chi connectivity index (χ2v) is 11.6. The molecule has 2 fully saturated rings. The highest BCUT2D eigenvalue weighted by atomic mass is 19.4. The highest BCUT2D eigenvalue weighted by Gasteiger charge is 2.42. The minimum absolute atomic E-state index is 0.0763. The van der Waals surface area contributed by atoms with Gasteiger partial charge in [0.05, 0.1) is 37.4 Å². The number of para-hydroxylation sites is 1. The fraction of sp³-hybridized carbons (Fsp3) is 0.467. The molecule has 2 saturated heterocycles. The summed E-state index contributed by atoms with van der Waals surface area (Å²) in [5.74, 6) is -2.91. The number of carbonyl (C=O) groups excluding carboxylic acids is 1. The Balaban J connectivity index is 1.27. The van der Waals surface area contributed by atoms with Crippen LogP contribution in [0, 0.1) is 12.7 Å². The van der Waals surface area contributed by atoms with Gasteiger partial charge in [-0.2, -0.15) is 18.3 Å². The van der Waals surface area contributed by atoms with Crippen LogP contribution in [0.1, 0.15) is 41.5 Å². The lowest BCUT2D eigenvalue weighted by atomic mass is 10.00. The molecule has 0 aliphatic carbocycles. The van der Waals surface area contributed by atoms with Crippen molar-refractivity contribution in [1.82, 2.24) is 20.0 Å². The summed E-state index contributed by atoms with van der Waals surface area (Å²) in [6.07, 6.45) is -2.21. The van der Waals surface area contributed by atoms with E-state index < -0.39 is 36.3 Å². The van der Waals surface area contributed by atoms with Gasteiger partial charge in [0.25, 0.3) is 5.92 Å². The van der Waals surface area contributed by atoms with Gasteiger partial charge in [0.1, 0.15) is 5.82 Å². The number of hydrogen-bond acceptors (Lipinski definition) is 4. The Hall–Kier alpha value is -3.74. The van der Waals surface area contributed by atoms with E-state index in [1.807, 2.05) is 17.9 Å². The number of amides is 2. The third kappa shape index (κ3) is 5.91. The van der Waals surface area contributed by atoms with E-state index in [1.54, 1.807) is 17.2 Å². The van der Waals surface area contributed by atoms with Crippen molar-refractivity contribution in [2.24, 2.45) is 0 Å². The smallest absolute Gasteiger partial charge is 0.369 e. The second kappa shape index (κ2) is 11.1. The van der Waals surface area contributed by atoms with Crippen LogP contribution in [0.4, 0.5) is 42.6 Å². The van der Waals surface area contributed by atoms with Crippen LogP contribution in [-0.4, -0.2) is 58.4 Å². The predicted octanol–water partition coefficient (Wildman–Crippen LogP) is 5.96. The van der Waals surface area contributed by atoms with E-state index in [-0.39, 0.29) is 49.3 Å². The number of carbonyl (C=O) groups is 1. The molecular formula is C30H32F6N6O. The van der Waals surface area contributed by atoms with Crippen molar-refractivity contribution in [3.63, 3.8) is 0 Å². The average molecular weight is 607 g/mol. The summed E-state index contributed by atoms with van der Waals surface area (Å²) in [4.78, 5) is 18.9. The molecule has 13 heteroatoms. The summed E-state index contributed by atoms with van der Waals surface area (Å²) in [7, 11) is 0. The number of alkyl halides is 5. The van der Waals surface area contributed by atoms with Gasteiger partial charge in [0.2, 0.25) is 0 Å². The highest BCUT2D eigenvalue weighted by Crippen LogP contribution is 2.37. The second-order valence-electron chi connectivity index (χ2n) is 11.6. The van der Waals surface area contributed by atoms with Gasteiger partial charge in [-0.1, -0.05) is 30.3 Å². The Labute approximate surface area is 245 Å². The summed E-state index contributed by atoms with van der Waals surface area (Å²) < 4.78 is 85.3. The van der Waals surface area contributed by atoms with Crippen LogP contribution in [0.5, 0.6) is 0 Å². The van der Waals surface area contributed by atoms with E-state index in [4.69, 9.17) is 0 Å². The van der Waals surface area contributed by atoms with Crippen molar-refractivity contribution in [3.8, 4) is 0 Å². The summed E-state index contributed by atoms with van der Waals surface area (Å²) in [6, 6.07) is 8.79. The van der Waals surface area contributed by atoms with Crippen LogP contribution in [0.3, 0.4) is 0 Å². The van der Waals surface area contributed by atoms with E-state index in [1.165, 1.54) is 33.8 Å². The minimum Gasteiger partial charge on any atom is -0.369 e. The van der Waals surface area contributed by atoms with E-state index in [2.05, 4.69) is 10.4 Å². The summed E-state index contributed by atoms with van der Waals surface area (Å²) in [5, 5.41) is 7.30. The number of hydrogen-bond donors (Lipinski definition) is 1. The molecule has 3 aromatic rings. The van der Waals surface area contributed by atoms with Gasteiger partial charge in [-0.15, -0.1) is 0 Å². The Bertz CT molecular complexity index is 1480. The first-order valence-electron chi connectivity index (χ1n) is 14.3. The van der Waals surface area contributed by atoms with Crippen LogP contribution in [0.25, 0.3) is 0 Å². The molecule has 1 atom stereocenters. The third-order valence-corrected chi connectivity index (χ3v) is 8.55. The Morgan fingerprint density at radius 2 is 1.81 bits per heavy atom. The number of fused-ring (bicyclic) bond motifs is 1. The van der Waals surface area contributed by atoms with Crippen LogP contribution in [-0.2, 0) is 25.8 Å². The number of anilines is 2. The number of rotatable bonds is 6. The lowest BCUT2D eigenvalue weighted by Crippen LogP contribution is -2.54. The maximum absolute atomic E-state index is 14.6. The number of urea groups is 1. The first kappa shape index (κ1) is 29.3. The minimum atomic E-state index is -4.62. The fourth-order valence-electron chi connectivity index (χ4n) is 6.49. The molecule has 1 N–H and O–H groups in total. The van der Waals surface area contributed by atoms with E-state index in [0.29, 0.717) is 37.2 Å². The van der Waals surface area contributed by atoms with Crippen molar-refractivity contribution in [2.45, 2.75) is 70.0 Å². The monoisotopic (exact) mass is 606 g/mol. The molecule has 1 aromatic heterocycles. The van der Waals surface area contributed by atoms with Crippen LogP contribution in [0.15, 0.2) is 48.7 Å². The van der Waals surface area contributed by atoms with Gasteiger partial charge in [0.15, 0.2) is 5.82 Å². The Morgan fingerprint density at radius 3 is 2.49 bits per heavy atom. The van der Waals surface area contributed by atoms with Crippen molar-refractivity contribution < 1.29 is 31.1 Å². The summed E-state index contributed by atoms with van der Waals surface area (Å²) >= 11 is 0. The molecule has 2 aromatic carbocycles. The van der Waals surface area contributed by atoms with Crippen LogP contribution < -0.4 is 15.1 Å². The quantitative estimate of drug-likeness (QED) is 0.352. The molecule has 2 amide bonds. The number of aromatic nitrogens is 2. The molecule has 3 aliphatic rings.